The number of nitrogens with zero attached hydrogens (tertiary/aromatic N) is 4. The largest absolute Gasteiger partial charge is 0.337 e. The summed E-state index contributed by atoms with van der Waals surface area (Å²) in [5.74, 6) is 1.08. The van der Waals surface area contributed by atoms with Crippen LogP contribution < -0.4 is 0 Å². The van der Waals surface area contributed by atoms with Crippen LogP contribution in [0.15, 0.2) is 12.4 Å². The van der Waals surface area contributed by atoms with Crippen molar-refractivity contribution in [3.63, 3.8) is 0 Å². The number of hydrogen-bond donors (Lipinski definition) is 0. The van der Waals surface area contributed by atoms with Crippen LogP contribution in [0, 0.1) is 5.92 Å². The van der Waals surface area contributed by atoms with Gasteiger partial charge >= 0.3 is 0 Å². The van der Waals surface area contributed by atoms with Gasteiger partial charge in [0.05, 0.1) is 11.9 Å². The first-order valence-corrected chi connectivity index (χ1v) is 8.43. The molecular formula is C17H26N4O. The zero-order valence-corrected chi connectivity index (χ0v) is 13.7. The molecule has 22 heavy (non-hydrogen) atoms. The Labute approximate surface area is 132 Å². The van der Waals surface area contributed by atoms with Crippen LogP contribution in [0.25, 0.3) is 0 Å². The van der Waals surface area contributed by atoms with E-state index in [9.17, 15) is 4.79 Å². The van der Waals surface area contributed by atoms with E-state index in [2.05, 4.69) is 28.8 Å². The van der Waals surface area contributed by atoms with Gasteiger partial charge in [-0.05, 0) is 51.7 Å². The molecule has 120 valence electrons. The van der Waals surface area contributed by atoms with Gasteiger partial charge in [0, 0.05) is 25.2 Å². The fourth-order valence-corrected chi connectivity index (χ4v) is 3.52. The summed E-state index contributed by atoms with van der Waals surface area (Å²) < 4.78 is 0. The Morgan fingerprint density at radius 3 is 2.68 bits per heavy atom. The van der Waals surface area contributed by atoms with Gasteiger partial charge in [0.1, 0.15) is 5.69 Å². The molecule has 0 unspecified atom stereocenters. The van der Waals surface area contributed by atoms with Gasteiger partial charge in [0.15, 0.2) is 0 Å². The highest BCUT2D eigenvalue weighted by Gasteiger charge is 2.25. The number of hydrogen-bond acceptors (Lipinski definition) is 4. The standard InChI is InChI=1S/C17H26N4O/c1-13-4-3-7-21(12-13)17(22)16-11-18-10-15(19-16)14-5-8-20(2)9-6-14/h10-11,13-14H,3-9,12H2,1-2H3/t13-/m1/s1. The summed E-state index contributed by atoms with van der Waals surface area (Å²) in [4.78, 5) is 25.9. The van der Waals surface area contributed by atoms with Gasteiger partial charge < -0.3 is 9.80 Å². The highest BCUT2D eigenvalue weighted by Crippen LogP contribution is 2.26. The second-order valence-electron chi connectivity index (χ2n) is 6.91. The van der Waals surface area contributed by atoms with Crippen LogP contribution in [-0.2, 0) is 0 Å². The van der Waals surface area contributed by atoms with Gasteiger partial charge in [-0.3, -0.25) is 9.78 Å². The van der Waals surface area contributed by atoms with E-state index in [-0.39, 0.29) is 5.91 Å². The smallest absolute Gasteiger partial charge is 0.274 e. The van der Waals surface area contributed by atoms with Gasteiger partial charge in [-0.1, -0.05) is 6.92 Å². The third kappa shape index (κ3) is 3.46. The maximum atomic E-state index is 12.6. The molecule has 0 aliphatic carbocycles. The van der Waals surface area contributed by atoms with E-state index in [0.717, 1.165) is 51.1 Å². The van der Waals surface area contributed by atoms with Crippen molar-refractivity contribution in [2.75, 3.05) is 33.2 Å². The highest BCUT2D eigenvalue weighted by atomic mass is 16.2. The zero-order chi connectivity index (χ0) is 15.5. The van der Waals surface area contributed by atoms with E-state index in [1.165, 1.54) is 6.42 Å². The molecule has 2 aliphatic rings. The zero-order valence-electron chi connectivity index (χ0n) is 13.7. The fraction of sp³-hybridized carbons (Fsp3) is 0.706. The predicted octanol–water partition coefficient (Wildman–Crippen LogP) is 2.16. The topological polar surface area (TPSA) is 49.3 Å². The van der Waals surface area contributed by atoms with Gasteiger partial charge in [0.2, 0.25) is 0 Å². The molecule has 0 N–H and O–H groups in total. The molecule has 1 amide bonds. The minimum absolute atomic E-state index is 0.0498. The van der Waals surface area contributed by atoms with Gasteiger partial charge in [-0.25, -0.2) is 4.98 Å². The molecule has 0 bridgehead atoms. The van der Waals surface area contributed by atoms with Crippen molar-refractivity contribution in [2.45, 2.75) is 38.5 Å². The highest BCUT2D eigenvalue weighted by molar-refractivity contribution is 5.92. The van der Waals surface area contributed by atoms with Crippen molar-refractivity contribution >= 4 is 5.91 Å². The van der Waals surface area contributed by atoms with E-state index in [1.807, 2.05) is 11.1 Å². The molecule has 5 nitrogen and oxygen atoms in total. The summed E-state index contributed by atoms with van der Waals surface area (Å²) in [5.41, 5.74) is 1.51. The first kappa shape index (κ1) is 15.4. The number of carbonyl (C=O) groups is 1. The minimum Gasteiger partial charge on any atom is -0.337 e. The Hall–Kier alpha value is -1.49. The molecule has 1 aromatic heterocycles. The van der Waals surface area contributed by atoms with Crippen molar-refractivity contribution in [1.82, 2.24) is 19.8 Å². The summed E-state index contributed by atoms with van der Waals surface area (Å²) in [6, 6.07) is 0. The summed E-state index contributed by atoms with van der Waals surface area (Å²) in [5, 5.41) is 0. The maximum absolute atomic E-state index is 12.6. The first-order chi connectivity index (χ1) is 10.6. The Morgan fingerprint density at radius 1 is 1.18 bits per heavy atom. The molecule has 3 rings (SSSR count). The number of amides is 1. The summed E-state index contributed by atoms with van der Waals surface area (Å²) in [7, 11) is 2.15. The number of rotatable bonds is 2. The Morgan fingerprint density at radius 2 is 1.95 bits per heavy atom. The molecule has 0 radical (unpaired) electrons. The van der Waals surface area contributed by atoms with Crippen LogP contribution >= 0.6 is 0 Å². The van der Waals surface area contributed by atoms with Gasteiger partial charge in [0.25, 0.3) is 5.91 Å². The molecule has 1 aromatic rings. The molecule has 5 heteroatoms. The summed E-state index contributed by atoms with van der Waals surface area (Å²) in [6.07, 6.45) is 7.97. The lowest BCUT2D eigenvalue weighted by Gasteiger charge is -2.31. The van der Waals surface area contributed by atoms with E-state index in [0.29, 0.717) is 17.5 Å². The average molecular weight is 302 g/mol. The Kier molecular flexibility index (Phi) is 4.71. The van der Waals surface area contributed by atoms with Gasteiger partial charge in [-0.2, -0.15) is 0 Å². The molecule has 2 aliphatic heterocycles. The molecule has 0 aromatic carbocycles. The van der Waals surface area contributed by atoms with E-state index < -0.39 is 0 Å². The lowest BCUT2D eigenvalue weighted by atomic mass is 9.94. The third-order valence-electron chi connectivity index (χ3n) is 4.95. The molecular weight excluding hydrogens is 276 g/mol. The molecule has 3 heterocycles. The number of likely N-dealkylation sites (tertiary alicyclic amines) is 2. The predicted molar refractivity (Wildman–Crippen MR) is 85.8 cm³/mol. The number of aromatic nitrogens is 2. The summed E-state index contributed by atoms with van der Waals surface area (Å²) in [6.45, 7) is 6.09. The van der Waals surface area contributed by atoms with Crippen molar-refractivity contribution in [2.24, 2.45) is 5.92 Å². The second kappa shape index (κ2) is 6.73. The first-order valence-electron chi connectivity index (χ1n) is 8.43. The summed E-state index contributed by atoms with van der Waals surface area (Å²) >= 11 is 0. The van der Waals surface area contributed by atoms with Crippen LogP contribution in [-0.4, -0.2) is 58.9 Å². The second-order valence-corrected chi connectivity index (χ2v) is 6.91. The van der Waals surface area contributed by atoms with Gasteiger partial charge in [-0.15, -0.1) is 0 Å². The number of piperidine rings is 2. The van der Waals surface area contributed by atoms with E-state index >= 15 is 0 Å². The third-order valence-corrected chi connectivity index (χ3v) is 4.95. The van der Waals surface area contributed by atoms with Crippen LogP contribution in [0.1, 0.15) is 54.7 Å². The molecule has 1 atom stereocenters. The quantitative estimate of drug-likeness (QED) is 0.840. The Bertz CT molecular complexity index is 525. The molecule has 2 fully saturated rings. The van der Waals surface area contributed by atoms with Crippen LogP contribution in [0.3, 0.4) is 0 Å². The van der Waals surface area contributed by atoms with Crippen molar-refractivity contribution in [1.29, 1.82) is 0 Å². The van der Waals surface area contributed by atoms with Crippen LogP contribution in [0.4, 0.5) is 0 Å². The minimum atomic E-state index is 0.0498. The maximum Gasteiger partial charge on any atom is 0.274 e. The lowest BCUT2D eigenvalue weighted by Crippen LogP contribution is -2.39. The average Bonchev–Trinajstić information content (AvgIpc) is 2.55. The fourth-order valence-electron chi connectivity index (χ4n) is 3.52. The normalized spacial score (nSPS) is 24.5. The van der Waals surface area contributed by atoms with Crippen molar-refractivity contribution < 1.29 is 4.79 Å². The van der Waals surface area contributed by atoms with E-state index in [1.54, 1.807) is 6.20 Å². The van der Waals surface area contributed by atoms with Crippen LogP contribution in [0.5, 0.6) is 0 Å². The molecule has 0 saturated carbocycles. The van der Waals surface area contributed by atoms with E-state index in [4.69, 9.17) is 0 Å². The lowest BCUT2D eigenvalue weighted by molar-refractivity contribution is 0.0676. The SMILES string of the molecule is C[C@@H]1CCCN(C(=O)c2cncc(C3CCN(C)CC3)n2)C1. The monoisotopic (exact) mass is 302 g/mol. The number of carbonyl (C=O) groups excluding carboxylic acids is 1. The van der Waals surface area contributed by atoms with Crippen molar-refractivity contribution in [3.8, 4) is 0 Å². The molecule has 0 spiro atoms. The molecule has 2 saturated heterocycles. The van der Waals surface area contributed by atoms with Crippen LogP contribution in [0.2, 0.25) is 0 Å². The van der Waals surface area contributed by atoms with Crippen molar-refractivity contribution in [3.05, 3.63) is 23.8 Å². The Balaban J connectivity index is 1.71.